The number of ether oxygens (including phenoxy) is 1. The van der Waals surface area contributed by atoms with Gasteiger partial charge in [0.15, 0.2) is 0 Å². The zero-order valence-electron chi connectivity index (χ0n) is 14.1. The maximum atomic E-state index is 12.3. The van der Waals surface area contributed by atoms with Gasteiger partial charge in [0, 0.05) is 32.2 Å². The maximum absolute atomic E-state index is 12.3. The van der Waals surface area contributed by atoms with Gasteiger partial charge in [0.1, 0.15) is 12.0 Å². The van der Waals surface area contributed by atoms with Crippen molar-refractivity contribution in [2.24, 2.45) is 17.8 Å². The molecule has 8 heteroatoms. The van der Waals surface area contributed by atoms with Crippen LogP contribution in [0.15, 0.2) is 41.1 Å². The summed E-state index contributed by atoms with van der Waals surface area (Å²) in [4.78, 5) is 2.39. The summed E-state index contributed by atoms with van der Waals surface area (Å²) in [5, 5.41) is 7.30. The SMILES string of the molecule is FC(F)(F)Oc1cccc(CNCC2C3CN(Cc4ccon4)CC23)c1. The number of likely N-dealkylation sites (tertiary alicyclic amines) is 1. The third kappa shape index (κ3) is 4.19. The van der Waals surface area contributed by atoms with Crippen LogP contribution in [0.25, 0.3) is 0 Å². The summed E-state index contributed by atoms with van der Waals surface area (Å²) in [6.45, 7) is 4.39. The average Bonchev–Trinajstić information content (AvgIpc) is 2.97. The third-order valence-corrected chi connectivity index (χ3v) is 5.17. The third-order valence-electron chi connectivity index (χ3n) is 5.17. The molecular weight excluding hydrogens is 347 g/mol. The molecule has 2 heterocycles. The fraction of sp³-hybridized carbons (Fsp3) is 0.500. The van der Waals surface area contributed by atoms with Crippen molar-refractivity contribution in [3.8, 4) is 5.75 Å². The summed E-state index contributed by atoms with van der Waals surface area (Å²) in [5.74, 6) is 1.88. The highest BCUT2D eigenvalue weighted by Gasteiger charge is 2.54. The minimum atomic E-state index is -4.66. The first-order valence-corrected chi connectivity index (χ1v) is 8.65. The predicted molar refractivity (Wildman–Crippen MR) is 87.1 cm³/mol. The largest absolute Gasteiger partial charge is 0.573 e. The number of halogens is 3. The standard InChI is InChI=1S/C18H20F3N3O2/c19-18(20,21)26-14-3-1-2-12(6-14)7-22-8-15-16-10-24(11-17(15)16)9-13-4-5-25-23-13/h1-6,15-17,22H,7-11H2. The van der Waals surface area contributed by atoms with Gasteiger partial charge in [-0.25, -0.2) is 0 Å². The van der Waals surface area contributed by atoms with Gasteiger partial charge in [-0.05, 0) is 42.0 Å². The zero-order chi connectivity index (χ0) is 18.1. The molecule has 1 saturated heterocycles. The molecule has 26 heavy (non-hydrogen) atoms. The summed E-state index contributed by atoms with van der Waals surface area (Å²) in [7, 11) is 0. The molecule has 2 aromatic rings. The van der Waals surface area contributed by atoms with Gasteiger partial charge >= 0.3 is 6.36 Å². The molecule has 1 saturated carbocycles. The van der Waals surface area contributed by atoms with E-state index in [0.29, 0.717) is 24.3 Å². The van der Waals surface area contributed by atoms with Crippen molar-refractivity contribution in [2.45, 2.75) is 19.5 Å². The van der Waals surface area contributed by atoms with Crippen molar-refractivity contribution in [3.63, 3.8) is 0 Å². The molecule has 140 valence electrons. The minimum absolute atomic E-state index is 0.177. The van der Waals surface area contributed by atoms with Gasteiger partial charge < -0.3 is 14.6 Å². The van der Waals surface area contributed by atoms with Crippen molar-refractivity contribution in [1.82, 2.24) is 15.4 Å². The molecule has 2 aliphatic rings. The number of benzene rings is 1. The Morgan fingerprint density at radius 1 is 1.23 bits per heavy atom. The van der Waals surface area contributed by atoms with Gasteiger partial charge in [0.25, 0.3) is 0 Å². The van der Waals surface area contributed by atoms with E-state index in [-0.39, 0.29) is 5.75 Å². The number of piperidine rings is 1. The molecule has 0 spiro atoms. The normalized spacial score (nSPS) is 25.3. The second kappa shape index (κ2) is 6.92. The van der Waals surface area contributed by atoms with Crippen LogP contribution in [-0.2, 0) is 13.1 Å². The van der Waals surface area contributed by atoms with Crippen LogP contribution < -0.4 is 10.1 Å². The first-order valence-electron chi connectivity index (χ1n) is 8.65. The molecule has 0 amide bonds. The molecule has 1 aromatic heterocycles. The number of hydrogen-bond acceptors (Lipinski definition) is 5. The number of fused-ring (bicyclic) bond motifs is 1. The molecule has 0 bridgehead atoms. The van der Waals surface area contributed by atoms with Crippen LogP contribution in [0.3, 0.4) is 0 Å². The predicted octanol–water partition coefficient (Wildman–Crippen LogP) is 3.04. The topological polar surface area (TPSA) is 50.5 Å². The van der Waals surface area contributed by atoms with E-state index >= 15 is 0 Å². The number of hydrogen-bond donors (Lipinski definition) is 1. The van der Waals surface area contributed by atoms with Gasteiger partial charge in [0.05, 0.1) is 5.69 Å². The number of nitrogens with one attached hydrogen (secondary N) is 1. The Morgan fingerprint density at radius 3 is 2.73 bits per heavy atom. The van der Waals surface area contributed by atoms with Gasteiger partial charge in [-0.1, -0.05) is 17.3 Å². The Labute approximate surface area is 149 Å². The fourth-order valence-electron chi connectivity index (χ4n) is 3.95. The quantitative estimate of drug-likeness (QED) is 0.815. The number of aromatic nitrogens is 1. The van der Waals surface area contributed by atoms with Crippen molar-refractivity contribution in [2.75, 3.05) is 19.6 Å². The lowest BCUT2D eigenvalue weighted by atomic mass is 10.2. The van der Waals surface area contributed by atoms with E-state index in [1.807, 2.05) is 6.07 Å². The summed E-state index contributed by atoms with van der Waals surface area (Å²) in [5.41, 5.74) is 1.74. The van der Waals surface area contributed by atoms with Crippen LogP contribution in [0.1, 0.15) is 11.3 Å². The number of rotatable bonds is 7. The maximum Gasteiger partial charge on any atom is 0.573 e. The molecule has 2 unspecified atom stereocenters. The molecule has 5 nitrogen and oxygen atoms in total. The van der Waals surface area contributed by atoms with Crippen LogP contribution in [0.5, 0.6) is 5.75 Å². The van der Waals surface area contributed by atoms with Crippen molar-refractivity contribution >= 4 is 0 Å². The first kappa shape index (κ1) is 17.4. The Bertz CT molecular complexity index is 724. The lowest BCUT2D eigenvalue weighted by molar-refractivity contribution is -0.274. The Morgan fingerprint density at radius 2 is 2.04 bits per heavy atom. The Balaban J connectivity index is 1.19. The van der Waals surface area contributed by atoms with E-state index in [0.717, 1.165) is 37.4 Å². The highest BCUT2D eigenvalue weighted by Crippen LogP contribution is 2.51. The van der Waals surface area contributed by atoms with E-state index in [1.54, 1.807) is 18.4 Å². The molecule has 2 fully saturated rings. The lowest BCUT2D eigenvalue weighted by Crippen LogP contribution is -2.27. The molecule has 1 aliphatic carbocycles. The zero-order valence-corrected chi connectivity index (χ0v) is 14.1. The van der Waals surface area contributed by atoms with E-state index in [4.69, 9.17) is 4.52 Å². The Hall–Kier alpha value is -2.06. The smallest absolute Gasteiger partial charge is 0.406 e. The molecular formula is C18H20F3N3O2. The summed E-state index contributed by atoms with van der Waals surface area (Å²) >= 11 is 0. The minimum Gasteiger partial charge on any atom is -0.406 e. The molecule has 1 N–H and O–H groups in total. The van der Waals surface area contributed by atoms with Crippen LogP contribution in [0.4, 0.5) is 13.2 Å². The van der Waals surface area contributed by atoms with Gasteiger partial charge in [-0.2, -0.15) is 0 Å². The monoisotopic (exact) mass is 367 g/mol. The molecule has 1 aliphatic heterocycles. The number of nitrogens with zero attached hydrogens (tertiary/aromatic N) is 2. The van der Waals surface area contributed by atoms with E-state index in [2.05, 4.69) is 20.1 Å². The first-order chi connectivity index (χ1) is 12.5. The highest BCUT2D eigenvalue weighted by molar-refractivity contribution is 5.28. The van der Waals surface area contributed by atoms with Crippen molar-refractivity contribution < 1.29 is 22.4 Å². The van der Waals surface area contributed by atoms with E-state index < -0.39 is 6.36 Å². The summed E-state index contributed by atoms with van der Waals surface area (Å²) in [6, 6.07) is 7.99. The second-order valence-corrected chi connectivity index (χ2v) is 7.00. The van der Waals surface area contributed by atoms with Crippen LogP contribution in [-0.4, -0.2) is 36.1 Å². The van der Waals surface area contributed by atoms with Crippen LogP contribution >= 0.6 is 0 Å². The van der Waals surface area contributed by atoms with E-state index in [1.165, 1.54) is 12.1 Å². The molecule has 4 rings (SSSR count). The van der Waals surface area contributed by atoms with Crippen LogP contribution in [0.2, 0.25) is 0 Å². The summed E-state index contributed by atoms with van der Waals surface area (Å²) < 4.78 is 45.6. The fourth-order valence-corrected chi connectivity index (χ4v) is 3.95. The van der Waals surface area contributed by atoms with Crippen LogP contribution in [0, 0.1) is 17.8 Å². The van der Waals surface area contributed by atoms with Crippen molar-refractivity contribution in [1.29, 1.82) is 0 Å². The second-order valence-electron chi connectivity index (χ2n) is 7.00. The van der Waals surface area contributed by atoms with E-state index in [9.17, 15) is 13.2 Å². The van der Waals surface area contributed by atoms with Gasteiger partial charge in [-0.3, -0.25) is 4.90 Å². The molecule has 0 radical (unpaired) electrons. The Kier molecular flexibility index (Phi) is 4.62. The lowest BCUT2D eigenvalue weighted by Gasteiger charge is -2.18. The number of alkyl halides is 3. The highest BCUT2D eigenvalue weighted by atomic mass is 19.4. The van der Waals surface area contributed by atoms with Gasteiger partial charge in [0.2, 0.25) is 0 Å². The van der Waals surface area contributed by atoms with Gasteiger partial charge in [-0.15, -0.1) is 13.2 Å². The molecule has 1 aromatic carbocycles. The molecule has 2 atom stereocenters. The summed E-state index contributed by atoms with van der Waals surface area (Å²) in [6.07, 6.45) is -3.07. The van der Waals surface area contributed by atoms with Crippen molar-refractivity contribution in [3.05, 3.63) is 47.9 Å². The average molecular weight is 367 g/mol.